The summed E-state index contributed by atoms with van der Waals surface area (Å²) in [6.07, 6.45) is 1.22. The first-order valence-corrected chi connectivity index (χ1v) is 13.1. The Morgan fingerprint density at radius 2 is 1.87 bits per heavy atom. The molecule has 0 spiro atoms. The number of fused-ring (bicyclic) bond motifs is 1. The molecule has 4 rings (SSSR count). The number of hydrogen-bond donors (Lipinski definition) is 2. The van der Waals surface area contributed by atoms with Gasteiger partial charge in [0.2, 0.25) is 5.95 Å². The van der Waals surface area contributed by atoms with Gasteiger partial charge in [0.25, 0.3) is 5.56 Å². The normalized spacial score (nSPS) is 13.0. The van der Waals surface area contributed by atoms with Crippen LogP contribution in [0, 0.1) is 11.6 Å². The minimum atomic E-state index is -3.87. The molecule has 0 amide bonds. The van der Waals surface area contributed by atoms with E-state index in [1.165, 1.54) is 36.7 Å². The van der Waals surface area contributed by atoms with Gasteiger partial charge in [0.05, 0.1) is 32.3 Å². The summed E-state index contributed by atoms with van der Waals surface area (Å²) in [5.74, 6) is -1.55. The van der Waals surface area contributed by atoms with Gasteiger partial charge in [-0.2, -0.15) is 4.98 Å². The number of H-pyrrole nitrogens is 1. The van der Waals surface area contributed by atoms with Gasteiger partial charge in [0, 0.05) is 12.1 Å². The molecule has 14 heteroatoms. The third-order valence-electron chi connectivity index (χ3n) is 5.35. The largest absolute Gasteiger partial charge is 0.379 e. The first-order chi connectivity index (χ1) is 18.2. The van der Waals surface area contributed by atoms with E-state index in [4.69, 9.17) is 19.5 Å². The number of ketones is 1. The summed E-state index contributed by atoms with van der Waals surface area (Å²) < 4.78 is 58.1. The lowest BCUT2D eigenvalue weighted by molar-refractivity contribution is 0.0885. The van der Waals surface area contributed by atoms with Crippen LogP contribution in [0.15, 0.2) is 59.7 Å². The van der Waals surface area contributed by atoms with E-state index in [0.29, 0.717) is 11.2 Å². The number of carbonyl (C=O) groups is 1. The Bertz CT molecular complexity index is 1530. The number of nitrogens with two attached hydrogens (primary N) is 1. The Morgan fingerprint density at radius 3 is 2.63 bits per heavy atom. The van der Waals surface area contributed by atoms with Gasteiger partial charge in [0.15, 0.2) is 16.9 Å². The van der Waals surface area contributed by atoms with Crippen LogP contribution in [0.2, 0.25) is 0 Å². The number of nitrogens with zero attached hydrogens (tertiary/aromatic N) is 3. The van der Waals surface area contributed by atoms with E-state index in [1.54, 1.807) is 10.6 Å². The van der Waals surface area contributed by atoms with Crippen LogP contribution in [-0.2, 0) is 31.5 Å². The quantitative estimate of drug-likeness (QED) is 0.146. The maximum Gasteiger partial charge on any atom is 0.333 e. The molecule has 0 saturated heterocycles. The summed E-state index contributed by atoms with van der Waals surface area (Å²) in [5.41, 5.74) is 6.16. The van der Waals surface area contributed by atoms with Crippen LogP contribution in [0.1, 0.15) is 15.9 Å². The van der Waals surface area contributed by atoms with Gasteiger partial charge in [-0.05, 0) is 42.0 Å². The second kappa shape index (κ2) is 12.2. The highest BCUT2D eigenvalue weighted by molar-refractivity contribution is 7.53. The average molecular weight is 547 g/mol. The van der Waals surface area contributed by atoms with Crippen LogP contribution in [0.4, 0.5) is 14.7 Å². The SMILES string of the molecule is Nc1nc2c(ncn2CCOCCP(=O)(OCC(=O)c2ccc(F)cc2)OCc2cccc(F)c2)c(=O)[nH]1. The van der Waals surface area contributed by atoms with E-state index in [9.17, 15) is 22.9 Å². The molecule has 38 heavy (non-hydrogen) atoms. The number of imidazole rings is 1. The maximum atomic E-state index is 13.5. The molecule has 3 N–H and O–H groups in total. The molecule has 0 aliphatic heterocycles. The second-order valence-electron chi connectivity index (χ2n) is 8.12. The van der Waals surface area contributed by atoms with Crippen molar-refractivity contribution in [2.75, 3.05) is 31.7 Å². The summed E-state index contributed by atoms with van der Waals surface area (Å²) in [6, 6.07) is 10.4. The minimum Gasteiger partial charge on any atom is -0.379 e. The summed E-state index contributed by atoms with van der Waals surface area (Å²) in [4.78, 5) is 34.8. The molecular weight excluding hydrogens is 523 g/mol. The predicted octanol–water partition coefficient (Wildman–Crippen LogP) is 3.31. The van der Waals surface area contributed by atoms with Crippen molar-refractivity contribution in [2.45, 2.75) is 13.2 Å². The van der Waals surface area contributed by atoms with Crippen molar-refractivity contribution >= 4 is 30.5 Å². The fourth-order valence-electron chi connectivity index (χ4n) is 3.42. The summed E-state index contributed by atoms with van der Waals surface area (Å²) in [6.45, 7) is -0.450. The van der Waals surface area contributed by atoms with E-state index in [0.717, 1.165) is 12.1 Å². The molecule has 11 nitrogen and oxygen atoms in total. The first-order valence-electron chi connectivity index (χ1n) is 11.4. The van der Waals surface area contributed by atoms with Crippen LogP contribution >= 0.6 is 7.60 Å². The Hall–Kier alpha value is -3.77. The molecule has 200 valence electrons. The molecule has 0 aliphatic carbocycles. The third-order valence-corrected chi connectivity index (χ3v) is 7.13. The standard InChI is InChI=1S/C24H24F2N5O6P/c25-18-6-4-17(5-7-18)20(32)14-37-38(34,36-13-16-2-1-3-19(26)12-16)11-10-35-9-8-31-15-28-21-22(31)29-24(27)30-23(21)33/h1-7,12,15H,8-11,13-14H2,(H3,27,29,30,33). The van der Waals surface area contributed by atoms with E-state index >= 15 is 0 Å². The van der Waals surface area contributed by atoms with Crippen molar-refractivity contribution in [3.8, 4) is 0 Å². The fraction of sp³-hybridized carbons (Fsp3) is 0.250. The van der Waals surface area contributed by atoms with Gasteiger partial charge < -0.3 is 24.1 Å². The fourth-order valence-corrected chi connectivity index (χ4v) is 4.76. The molecule has 2 aromatic carbocycles. The number of aromatic nitrogens is 4. The number of hydrogen-bond acceptors (Lipinski definition) is 9. The number of nitrogens with one attached hydrogen (secondary N) is 1. The number of rotatable bonds is 13. The van der Waals surface area contributed by atoms with Crippen LogP contribution < -0.4 is 11.3 Å². The molecule has 2 heterocycles. The lowest BCUT2D eigenvalue weighted by atomic mass is 10.1. The van der Waals surface area contributed by atoms with Gasteiger partial charge in [0.1, 0.15) is 18.2 Å². The highest BCUT2D eigenvalue weighted by Gasteiger charge is 2.26. The second-order valence-corrected chi connectivity index (χ2v) is 10.3. The predicted molar refractivity (Wildman–Crippen MR) is 134 cm³/mol. The van der Waals surface area contributed by atoms with Crippen molar-refractivity contribution in [3.05, 3.63) is 88.0 Å². The first kappa shape index (κ1) is 27.3. The third kappa shape index (κ3) is 7.17. The van der Waals surface area contributed by atoms with Gasteiger partial charge in [-0.15, -0.1) is 0 Å². The van der Waals surface area contributed by atoms with Crippen LogP contribution in [0.3, 0.4) is 0 Å². The Labute approximate surface area is 215 Å². The van der Waals surface area contributed by atoms with Crippen molar-refractivity contribution in [1.82, 2.24) is 19.5 Å². The molecule has 0 aliphatic rings. The highest BCUT2D eigenvalue weighted by Crippen LogP contribution is 2.48. The highest BCUT2D eigenvalue weighted by atomic mass is 31.2. The number of benzene rings is 2. The molecule has 0 radical (unpaired) electrons. The van der Waals surface area contributed by atoms with Crippen molar-refractivity contribution in [2.24, 2.45) is 0 Å². The number of nitrogen functional groups attached to an aromatic ring is 1. The van der Waals surface area contributed by atoms with E-state index in [-0.39, 0.29) is 49.6 Å². The molecule has 0 bridgehead atoms. The van der Waals surface area contributed by atoms with Gasteiger partial charge in [-0.25, -0.2) is 13.8 Å². The topological polar surface area (TPSA) is 151 Å². The van der Waals surface area contributed by atoms with Crippen molar-refractivity contribution in [1.29, 1.82) is 0 Å². The zero-order valence-corrected chi connectivity index (χ0v) is 20.9. The molecule has 0 saturated carbocycles. The summed E-state index contributed by atoms with van der Waals surface area (Å²) >= 11 is 0. The number of aromatic amines is 1. The summed E-state index contributed by atoms with van der Waals surface area (Å²) in [7, 11) is -3.87. The Kier molecular flexibility index (Phi) is 8.74. The van der Waals surface area contributed by atoms with Gasteiger partial charge in [-0.3, -0.25) is 19.1 Å². The molecule has 1 atom stereocenters. The van der Waals surface area contributed by atoms with Crippen molar-refractivity contribution in [3.63, 3.8) is 0 Å². The monoisotopic (exact) mass is 547 g/mol. The number of carbonyl (C=O) groups excluding carboxylic acids is 1. The molecule has 1 unspecified atom stereocenters. The minimum absolute atomic E-state index is 0.0473. The molecule has 4 aromatic rings. The molecule has 2 aromatic heterocycles. The lowest BCUT2D eigenvalue weighted by Crippen LogP contribution is -2.15. The number of Topliss-reactive ketones (excluding diaryl/α,β-unsaturated/α-hetero) is 1. The van der Waals surface area contributed by atoms with E-state index < -0.39 is 37.2 Å². The van der Waals surface area contributed by atoms with E-state index in [1.807, 2.05) is 0 Å². The zero-order valence-electron chi connectivity index (χ0n) is 20.0. The van der Waals surface area contributed by atoms with Crippen LogP contribution in [-0.4, -0.2) is 51.3 Å². The average Bonchev–Trinajstić information content (AvgIpc) is 3.29. The smallest absolute Gasteiger partial charge is 0.333 e. The Balaban J connectivity index is 1.35. The maximum absolute atomic E-state index is 13.5. The number of anilines is 1. The lowest BCUT2D eigenvalue weighted by Gasteiger charge is -2.19. The van der Waals surface area contributed by atoms with Gasteiger partial charge in [-0.1, -0.05) is 12.1 Å². The number of halogens is 2. The number of ether oxygens (including phenoxy) is 1. The molecule has 0 fully saturated rings. The van der Waals surface area contributed by atoms with Gasteiger partial charge >= 0.3 is 7.60 Å². The molecular formula is C24H24F2N5O6P. The zero-order chi connectivity index (χ0) is 27.1. The Morgan fingerprint density at radius 1 is 1.08 bits per heavy atom. The van der Waals surface area contributed by atoms with Crippen LogP contribution in [0.25, 0.3) is 11.2 Å². The van der Waals surface area contributed by atoms with Crippen LogP contribution in [0.5, 0.6) is 0 Å². The van der Waals surface area contributed by atoms with Crippen molar-refractivity contribution < 1.29 is 31.9 Å². The summed E-state index contributed by atoms with van der Waals surface area (Å²) in [5, 5.41) is 0. The van der Waals surface area contributed by atoms with E-state index in [2.05, 4.69) is 15.0 Å².